The van der Waals surface area contributed by atoms with E-state index >= 15 is 0 Å². The van der Waals surface area contributed by atoms with Crippen LogP contribution in [0.1, 0.15) is 15.9 Å². The lowest BCUT2D eigenvalue weighted by atomic mass is 10.2. The van der Waals surface area contributed by atoms with E-state index in [9.17, 15) is 13.6 Å². The molecule has 0 saturated heterocycles. The van der Waals surface area contributed by atoms with E-state index in [2.05, 4.69) is 0 Å². The standard InChI is InChI=1S/C15H10F2O4/c16-10-2-3-11(12(17)6-10)15(18)19-7-9-1-4-13-14(5-9)21-8-20-13/h1-6H,7-8H2. The molecule has 6 heteroatoms. The minimum Gasteiger partial charge on any atom is -0.457 e. The molecule has 1 aliphatic heterocycles. The highest BCUT2D eigenvalue weighted by molar-refractivity contribution is 5.89. The minimum atomic E-state index is -0.953. The smallest absolute Gasteiger partial charge is 0.341 e. The van der Waals surface area contributed by atoms with Gasteiger partial charge in [-0.05, 0) is 29.8 Å². The van der Waals surface area contributed by atoms with Crippen LogP contribution in [-0.2, 0) is 11.3 Å². The lowest BCUT2D eigenvalue weighted by Gasteiger charge is -2.06. The molecule has 0 aliphatic carbocycles. The van der Waals surface area contributed by atoms with Crippen LogP contribution in [0.2, 0.25) is 0 Å². The second-order valence-corrected chi connectivity index (χ2v) is 4.39. The molecule has 2 aromatic rings. The van der Waals surface area contributed by atoms with Gasteiger partial charge in [0, 0.05) is 6.07 Å². The fraction of sp³-hybridized carbons (Fsp3) is 0.133. The van der Waals surface area contributed by atoms with Crippen LogP contribution in [0.3, 0.4) is 0 Å². The van der Waals surface area contributed by atoms with Crippen LogP contribution < -0.4 is 9.47 Å². The Kier molecular flexibility index (Phi) is 3.43. The Labute approximate surface area is 118 Å². The Morgan fingerprint density at radius 1 is 1.10 bits per heavy atom. The van der Waals surface area contributed by atoms with Gasteiger partial charge in [-0.15, -0.1) is 0 Å². The molecule has 0 radical (unpaired) electrons. The number of halogens is 2. The van der Waals surface area contributed by atoms with Crippen molar-refractivity contribution < 1.29 is 27.8 Å². The Balaban J connectivity index is 1.68. The van der Waals surface area contributed by atoms with Crippen LogP contribution in [0.15, 0.2) is 36.4 Å². The predicted molar refractivity (Wildman–Crippen MR) is 68.0 cm³/mol. The Hall–Kier alpha value is -2.63. The van der Waals surface area contributed by atoms with Gasteiger partial charge in [0.05, 0.1) is 5.56 Å². The highest BCUT2D eigenvalue weighted by Gasteiger charge is 2.16. The molecule has 0 aromatic heterocycles. The predicted octanol–water partition coefficient (Wildman–Crippen LogP) is 3.05. The maximum atomic E-state index is 13.4. The highest BCUT2D eigenvalue weighted by Crippen LogP contribution is 2.32. The molecule has 1 aliphatic rings. The van der Waals surface area contributed by atoms with Gasteiger partial charge in [-0.2, -0.15) is 0 Å². The first kappa shape index (κ1) is 13.4. The average molecular weight is 292 g/mol. The van der Waals surface area contributed by atoms with Gasteiger partial charge in [-0.3, -0.25) is 0 Å². The number of rotatable bonds is 3. The van der Waals surface area contributed by atoms with Gasteiger partial charge in [0.1, 0.15) is 18.2 Å². The summed E-state index contributed by atoms with van der Waals surface area (Å²) in [5, 5.41) is 0. The van der Waals surface area contributed by atoms with Crippen LogP contribution in [0.25, 0.3) is 0 Å². The zero-order valence-corrected chi connectivity index (χ0v) is 10.8. The number of carbonyl (C=O) groups is 1. The third-order valence-corrected chi connectivity index (χ3v) is 2.96. The van der Waals surface area contributed by atoms with Crippen LogP contribution >= 0.6 is 0 Å². The van der Waals surface area contributed by atoms with Crippen molar-refractivity contribution in [3.63, 3.8) is 0 Å². The molecule has 2 aromatic carbocycles. The molecule has 108 valence electrons. The van der Waals surface area contributed by atoms with Gasteiger partial charge in [-0.1, -0.05) is 6.07 Å². The van der Waals surface area contributed by atoms with E-state index in [1.807, 2.05) is 0 Å². The fourth-order valence-electron chi connectivity index (χ4n) is 1.91. The van der Waals surface area contributed by atoms with E-state index in [-0.39, 0.29) is 19.0 Å². The van der Waals surface area contributed by atoms with Gasteiger partial charge in [0.25, 0.3) is 0 Å². The first-order chi connectivity index (χ1) is 10.1. The van der Waals surface area contributed by atoms with E-state index in [4.69, 9.17) is 14.2 Å². The summed E-state index contributed by atoms with van der Waals surface area (Å²) in [5.74, 6) is -1.37. The number of fused-ring (bicyclic) bond motifs is 1. The van der Waals surface area contributed by atoms with Gasteiger partial charge in [0.15, 0.2) is 11.5 Å². The van der Waals surface area contributed by atoms with Crippen molar-refractivity contribution in [3.05, 3.63) is 59.2 Å². The molecular formula is C15H10F2O4. The van der Waals surface area contributed by atoms with Crippen molar-refractivity contribution in [3.8, 4) is 11.5 Å². The Morgan fingerprint density at radius 3 is 2.71 bits per heavy atom. The van der Waals surface area contributed by atoms with Crippen molar-refractivity contribution >= 4 is 5.97 Å². The van der Waals surface area contributed by atoms with Crippen molar-refractivity contribution in [2.24, 2.45) is 0 Å². The summed E-state index contributed by atoms with van der Waals surface area (Å²) >= 11 is 0. The van der Waals surface area contributed by atoms with Crippen molar-refractivity contribution in [1.29, 1.82) is 0 Å². The molecule has 0 fully saturated rings. The fourth-order valence-corrected chi connectivity index (χ4v) is 1.91. The first-order valence-corrected chi connectivity index (χ1v) is 6.14. The van der Waals surface area contributed by atoms with E-state index in [1.165, 1.54) is 0 Å². The second kappa shape index (κ2) is 5.40. The van der Waals surface area contributed by atoms with Crippen molar-refractivity contribution in [2.45, 2.75) is 6.61 Å². The molecule has 1 heterocycles. The number of hydrogen-bond donors (Lipinski definition) is 0. The molecule has 21 heavy (non-hydrogen) atoms. The number of hydrogen-bond acceptors (Lipinski definition) is 4. The van der Waals surface area contributed by atoms with Crippen molar-refractivity contribution in [2.75, 3.05) is 6.79 Å². The summed E-state index contributed by atoms with van der Waals surface area (Å²) in [6.45, 7) is 0.103. The highest BCUT2D eigenvalue weighted by atomic mass is 19.1. The number of ether oxygens (including phenoxy) is 3. The van der Waals surface area contributed by atoms with Gasteiger partial charge in [0.2, 0.25) is 6.79 Å². The SMILES string of the molecule is O=C(OCc1ccc2c(c1)OCO2)c1ccc(F)cc1F. The zero-order valence-electron chi connectivity index (χ0n) is 10.8. The monoisotopic (exact) mass is 292 g/mol. The number of carbonyl (C=O) groups excluding carboxylic acids is 1. The van der Waals surface area contributed by atoms with Gasteiger partial charge >= 0.3 is 5.97 Å². The molecule has 0 N–H and O–H groups in total. The zero-order chi connectivity index (χ0) is 14.8. The summed E-state index contributed by atoms with van der Waals surface area (Å²) in [6, 6.07) is 7.77. The molecular weight excluding hydrogens is 282 g/mol. The minimum absolute atomic E-state index is 0.0493. The maximum absolute atomic E-state index is 13.4. The van der Waals surface area contributed by atoms with Crippen molar-refractivity contribution in [1.82, 2.24) is 0 Å². The average Bonchev–Trinajstić information content (AvgIpc) is 2.92. The van der Waals surface area contributed by atoms with Gasteiger partial charge in [-0.25, -0.2) is 13.6 Å². The molecule has 0 bridgehead atoms. The molecule has 4 nitrogen and oxygen atoms in total. The van der Waals surface area contributed by atoms with E-state index in [0.29, 0.717) is 23.1 Å². The van der Waals surface area contributed by atoms with Crippen LogP contribution in [0, 0.1) is 11.6 Å². The summed E-state index contributed by atoms with van der Waals surface area (Å²) in [5.41, 5.74) is 0.368. The largest absolute Gasteiger partial charge is 0.457 e. The number of esters is 1. The second-order valence-electron chi connectivity index (χ2n) is 4.39. The van der Waals surface area contributed by atoms with E-state index in [0.717, 1.165) is 12.1 Å². The summed E-state index contributed by atoms with van der Waals surface area (Å²) in [6.07, 6.45) is 0. The summed E-state index contributed by atoms with van der Waals surface area (Å²) < 4.78 is 41.6. The number of benzene rings is 2. The lowest BCUT2D eigenvalue weighted by molar-refractivity contribution is 0.0467. The van der Waals surface area contributed by atoms with Gasteiger partial charge < -0.3 is 14.2 Å². The van der Waals surface area contributed by atoms with Crippen LogP contribution in [-0.4, -0.2) is 12.8 Å². The Bertz CT molecular complexity index is 700. The molecule has 0 atom stereocenters. The van der Waals surface area contributed by atoms with E-state index < -0.39 is 17.6 Å². The lowest BCUT2D eigenvalue weighted by Crippen LogP contribution is -2.07. The van der Waals surface area contributed by atoms with Crippen LogP contribution in [0.4, 0.5) is 8.78 Å². The third kappa shape index (κ3) is 2.79. The molecule has 0 spiro atoms. The normalized spacial score (nSPS) is 12.3. The quantitative estimate of drug-likeness (QED) is 0.816. The molecule has 3 rings (SSSR count). The topological polar surface area (TPSA) is 44.8 Å². The first-order valence-electron chi connectivity index (χ1n) is 6.14. The molecule has 0 saturated carbocycles. The summed E-state index contributed by atoms with van der Waals surface area (Å²) in [4.78, 5) is 11.7. The van der Waals surface area contributed by atoms with Crippen LogP contribution in [0.5, 0.6) is 11.5 Å². The summed E-state index contributed by atoms with van der Waals surface area (Å²) in [7, 11) is 0. The molecule has 0 amide bonds. The molecule has 0 unspecified atom stereocenters. The van der Waals surface area contributed by atoms with E-state index in [1.54, 1.807) is 18.2 Å². The maximum Gasteiger partial charge on any atom is 0.341 e. The third-order valence-electron chi connectivity index (χ3n) is 2.96. The Morgan fingerprint density at radius 2 is 1.90 bits per heavy atom.